The van der Waals surface area contributed by atoms with Crippen LogP contribution in [0.15, 0.2) is 0 Å². The first-order chi connectivity index (χ1) is 7.74. The fraction of sp³-hybridized carbons (Fsp3) is 0.818. The number of rotatable bonds is 2. The number of nitrogens with zero attached hydrogens (tertiary/aromatic N) is 1. The van der Waals surface area contributed by atoms with Crippen molar-refractivity contribution in [3.8, 4) is 0 Å². The molecule has 0 bridgehead atoms. The van der Waals surface area contributed by atoms with E-state index in [0.29, 0.717) is 13.0 Å². The van der Waals surface area contributed by atoms with Gasteiger partial charge in [0.15, 0.2) is 0 Å². The average molecular weight is 244 g/mol. The van der Waals surface area contributed by atoms with Gasteiger partial charge in [0.1, 0.15) is 6.04 Å². The van der Waals surface area contributed by atoms with Crippen molar-refractivity contribution in [1.29, 1.82) is 0 Å². The Morgan fingerprint density at radius 2 is 2.00 bits per heavy atom. The molecule has 1 fully saturated rings. The number of aliphatic carboxylic acids is 1. The lowest BCUT2D eigenvalue weighted by Crippen LogP contribution is -2.51. The van der Waals surface area contributed by atoms with E-state index in [9.17, 15) is 9.59 Å². The predicted molar refractivity (Wildman–Crippen MR) is 61.8 cm³/mol. The number of hydrogen-bond acceptors (Lipinski definition) is 3. The van der Waals surface area contributed by atoms with Crippen LogP contribution in [0.4, 0.5) is 4.79 Å². The van der Waals surface area contributed by atoms with Gasteiger partial charge in [0.05, 0.1) is 6.10 Å². The van der Waals surface area contributed by atoms with Gasteiger partial charge in [-0.1, -0.05) is 0 Å². The van der Waals surface area contributed by atoms with E-state index >= 15 is 0 Å². The molecule has 17 heavy (non-hydrogen) atoms. The van der Waals surface area contributed by atoms with E-state index in [1.807, 2.05) is 20.8 Å². The lowest BCUT2D eigenvalue weighted by molar-refractivity contribution is -0.141. The van der Waals surface area contributed by atoms with Gasteiger partial charge in [0.2, 0.25) is 0 Å². The molecule has 6 heteroatoms. The van der Waals surface area contributed by atoms with Crippen LogP contribution in [0.3, 0.4) is 0 Å². The van der Waals surface area contributed by atoms with Gasteiger partial charge in [-0.25, -0.2) is 9.59 Å². The lowest BCUT2D eigenvalue weighted by Gasteiger charge is -2.27. The second-order valence-electron chi connectivity index (χ2n) is 5.28. The number of carboxylic acids is 1. The van der Waals surface area contributed by atoms with Gasteiger partial charge in [0, 0.05) is 25.6 Å². The van der Waals surface area contributed by atoms with Crippen molar-refractivity contribution in [3.05, 3.63) is 0 Å². The van der Waals surface area contributed by atoms with Gasteiger partial charge in [-0.05, 0) is 20.8 Å². The van der Waals surface area contributed by atoms with Crippen LogP contribution in [0, 0.1) is 0 Å². The maximum atomic E-state index is 11.9. The maximum Gasteiger partial charge on any atom is 0.326 e. The zero-order valence-electron chi connectivity index (χ0n) is 10.7. The van der Waals surface area contributed by atoms with Crippen LogP contribution in [-0.2, 0) is 9.53 Å². The van der Waals surface area contributed by atoms with Gasteiger partial charge in [0.25, 0.3) is 0 Å². The number of hydrogen-bond donors (Lipinski definition) is 2. The number of methoxy groups -OCH3 is 1. The highest BCUT2D eigenvalue weighted by molar-refractivity contribution is 5.83. The Kier molecular flexibility index (Phi) is 3.98. The third-order valence-corrected chi connectivity index (χ3v) is 2.62. The molecule has 1 heterocycles. The van der Waals surface area contributed by atoms with Crippen LogP contribution in [0.25, 0.3) is 0 Å². The average Bonchev–Trinajstić information content (AvgIpc) is 2.58. The molecule has 1 saturated heterocycles. The van der Waals surface area contributed by atoms with Crippen molar-refractivity contribution >= 4 is 12.0 Å². The quantitative estimate of drug-likeness (QED) is 0.748. The number of likely N-dealkylation sites (tertiary alicyclic amines) is 1. The van der Waals surface area contributed by atoms with E-state index in [2.05, 4.69) is 5.32 Å². The molecule has 6 nitrogen and oxygen atoms in total. The summed E-state index contributed by atoms with van der Waals surface area (Å²) in [5.74, 6) is -0.992. The molecule has 98 valence electrons. The van der Waals surface area contributed by atoms with Crippen LogP contribution in [0.5, 0.6) is 0 Å². The summed E-state index contributed by atoms with van der Waals surface area (Å²) in [5, 5.41) is 11.8. The zero-order chi connectivity index (χ0) is 13.2. The molecule has 0 radical (unpaired) electrons. The number of carbonyl (C=O) groups is 2. The minimum absolute atomic E-state index is 0.207. The minimum Gasteiger partial charge on any atom is -0.480 e. The second-order valence-corrected chi connectivity index (χ2v) is 5.28. The lowest BCUT2D eigenvalue weighted by atomic mass is 10.1. The highest BCUT2D eigenvalue weighted by Crippen LogP contribution is 2.20. The highest BCUT2D eigenvalue weighted by atomic mass is 16.5. The van der Waals surface area contributed by atoms with Crippen molar-refractivity contribution in [2.75, 3.05) is 13.7 Å². The second kappa shape index (κ2) is 4.91. The fourth-order valence-electron chi connectivity index (χ4n) is 1.82. The molecule has 2 atom stereocenters. The topological polar surface area (TPSA) is 78.9 Å². The standard InChI is InChI=1S/C11H20N2O4/c1-11(2,3)12-10(16)13-6-7(17-4)5-8(13)9(14)15/h7-8H,5-6H2,1-4H3,(H,12,16)(H,14,15). The van der Waals surface area contributed by atoms with E-state index in [1.165, 1.54) is 12.0 Å². The molecule has 1 aliphatic heterocycles. The van der Waals surface area contributed by atoms with E-state index in [-0.39, 0.29) is 17.7 Å². The van der Waals surface area contributed by atoms with Gasteiger partial charge in [-0.2, -0.15) is 0 Å². The summed E-state index contributed by atoms with van der Waals surface area (Å²) in [5.41, 5.74) is -0.384. The minimum atomic E-state index is -0.992. The predicted octanol–water partition coefficient (Wildman–Crippen LogP) is 0.668. The van der Waals surface area contributed by atoms with Crippen LogP contribution >= 0.6 is 0 Å². The zero-order valence-corrected chi connectivity index (χ0v) is 10.7. The largest absolute Gasteiger partial charge is 0.480 e. The normalized spacial score (nSPS) is 24.8. The molecule has 2 unspecified atom stereocenters. The van der Waals surface area contributed by atoms with E-state index in [1.54, 1.807) is 0 Å². The van der Waals surface area contributed by atoms with Crippen molar-refractivity contribution < 1.29 is 19.4 Å². The van der Waals surface area contributed by atoms with Gasteiger partial charge < -0.3 is 20.1 Å². The Labute approximate surface area is 101 Å². The molecule has 1 aliphatic rings. The summed E-state index contributed by atoms with van der Waals surface area (Å²) in [6.07, 6.45) is 0.130. The summed E-state index contributed by atoms with van der Waals surface area (Å²) >= 11 is 0. The number of carboxylic acid groups (broad SMARTS) is 1. The summed E-state index contributed by atoms with van der Waals surface area (Å²) in [6.45, 7) is 5.87. The molecule has 1 rings (SSSR count). The molecule has 0 spiro atoms. The Hall–Kier alpha value is -1.30. The Morgan fingerprint density at radius 1 is 1.41 bits per heavy atom. The molecular formula is C11H20N2O4. The SMILES string of the molecule is COC1CC(C(=O)O)N(C(=O)NC(C)(C)C)C1. The van der Waals surface area contributed by atoms with Crippen molar-refractivity contribution in [2.45, 2.75) is 44.9 Å². The maximum absolute atomic E-state index is 11.9. The molecular weight excluding hydrogens is 224 g/mol. The highest BCUT2D eigenvalue weighted by Gasteiger charge is 2.40. The summed E-state index contributed by atoms with van der Waals surface area (Å²) in [6, 6.07) is -1.16. The fourth-order valence-corrected chi connectivity index (χ4v) is 1.82. The summed E-state index contributed by atoms with van der Waals surface area (Å²) in [7, 11) is 1.52. The van der Waals surface area contributed by atoms with E-state index in [4.69, 9.17) is 9.84 Å². The first kappa shape index (κ1) is 13.8. The van der Waals surface area contributed by atoms with Gasteiger partial charge in [-0.15, -0.1) is 0 Å². The van der Waals surface area contributed by atoms with Crippen molar-refractivity contribution in [1.82, 2.24) is 10.2 Å². The van der Waals surface area contributed by atoms with Crippen LogP contribution < -0.4 is 5.32 Å². The molecule has 0 aromatic rings. The number of urea groups is 1. The number of nitrogens with one attached hydrogen (secondary N) is 1. The molecule has 2 amide bonds. The number of carbonyl (C=O) groups excluding carboxylic acids is 1. The third kappa shape index (κ3) is 3.59. The number of amides is 2. The van der Waals surface area contributed by atoms with Crippen molar-refractivity contribution in [2.24, 2.45) is 0 Å². The Bertz CT molecular complexity index is 311. The monoisotopic (exact) mass is 244 g/mol. The van der Waals surface area contributed by atoms with Crippen LogP contribution in [0.1, 0.15) is 27.2 Å². The molecule has 0 aromatic heterocycles. The van der Waals surface area contributed by atoms with E-state index in [0.717, 1.165) is 0 Å². The van der Waals surface area contributed by atoms with Crippen LogP contribution in [0.2, 0.25) is 0 Å². The first-order valence-corrected chi connectivity index (χ1v) is 5.59. The summed E-state index contributed by atoms with van der Waals surface area (Å²) < 4.78 is 5.12. The molecule has 0 saturated carbocycles. The van der Waals surface area contributed by atoms with Gasteiger partial charge in [-0.3, -0.25) is 0 Å². The Morgan fingerprint density at radius 3 is 2.41 bits per heavy atom. The van der Waals surface area contributed by atoms with Gasteiger partial charge >= 0.3 is 12.0 Å². The Balaban J connectivity index is 2.73. The molecule has 0 aliphatic carbocycles. The van der Waals surface area contributed by atoms with Crippen LogP contribution in [-0.4, -0.2) is 53.3 Å². The third-order valence-electron chi connectivity index (χ3n) is 2.62. The van der Waals surface area contributed by atoms with E-state index < -0.39 is 12.0 Å². The smallest absolute Gasteiger partial charge is 0.326 e. The number of ether oxygens (including phenoxy) is 1. The molecule has 0 aromatic carbocycles. The molecule has 2 N–H and O–H groups in total. The first-order valence-electron chi connectivity index (χ1n) is 5.59. The summed E-state index contributed by atoms with van der Waals surface area (Å²) in [4.78, 5) is 24.3. The van der Waals surface area contributed by atoms with Crippen molar-refractivity contribution in [3.63, 3.8) is 0 Å².